The number of aromatic nitrogens is 2. The maximum atomic E-state index is 11.0. The van der Waals surface area contributed by atoms with Gasteiger partial charge in [-0.25, -0.2) is 9.97 Å². The van der Waals surface area contributed by atoms with Gasteiger partial charge in [-0.1, -0.05) is 15.9 Å². The topological polar surface area (TPSA) is 78.2 Å². The van der Waals surface area contributed by atoms with Crippen LogP contribution in [0.3, 0.4) is 0 Å². The minimum Gasteiger partial charge on any atom is -0.431 e. The molecule has 98 valence electrons. The summed E-state index contributed by atoms with van der Waals surface area (Å²) in [6.07, 6.45) is 1.30. The number of nitrogens with zero attached hydrogens (tertiary/aromatic N) is 3. The van der Waals surface area contributed by atoms with Crippen LogP contribution in [0.25, 0.3) is 0 Å². The number of ether oxygens (including phenoxy) is 1. The number of nitro groups is 1. The fourth-order valence-electron chi connectivity index (χ4n) is 1.46. The highest BCUT2D eigenvalue weighted by Gasteiger charge is 2.20. The normalized spacial score (nSPS) is 10.3. The molecule has 19 heavy (non-hydrogen) atoms. The number of nitro benzene ring substituents is 1. The van der Waals surface area contributed by atoms with E-state index in [1.807, 2.05) is 0 Å². The van der Waals surface area contributed by atoms with Gasteiger partial charge in [-0.05, 0) is 28.9 Å². The standard InChI is InChI=1S/C11H7Br2N3O3/c1-6-2-7(12)3-8(16(17)18)11(6)19-10-4-9(13)14-5-15-10/h2-5H,1H3. The van der Waals surface area contributed by atoms with Crippen LogP contribution in [0, 0.1) is 17.0 Å². The molecule has 1 heterocycles. The molecule has 0 aliphatic heterocycles. The van der Waals surface area contributed by atoms with Crippen LogP contribution in [0.1, 0.15) is 5.56 Å². The van der Waals surface area contributed by atoms with E-state index < -0.39 is 4.92 Å². The molecule has 0 aliphatic carbocycles. The molecule has 1 aromatic heterocycles. The van der Waals surface area contributed by atoms with E-state index in [1.54, 1.807) is 13.0 Å². The van der Waals surface area contributed by atoms with Crippen molar-refractivity contribution in [2.45, 2.75) is 6.92 Å². The third-order valence-electron chi connectivity index (χ3n) is 2.23. The molecule has 8 heteroatoms. The van der Waals surface area contributed by atoms with E-state index in [4.69, 9.17) is 4.74 Å². The zero-order valence-electron chi connectivity index (χ0n) is 9.63. The summed E-state index contributed by atoms with van der Waals surface area (Å²) in [6, 6.07) is 4.66. The van der Waals surface area contributed by atoms with E-state index in [1.165, 1.54) is 18.5 Å². The van der Waals surface area contributed by atoms with Crippen molar-refractivity contribution >= 4 is 37.5 Å². The molecule has 0 N–H and O–H groups in total. The minimum absolute atomic E-state index is 0.124. The molecule has 0 fully saturated rings. The average molecular weight is 389 g/mol. The molecular weight excluding hydrogens is 382 g/mol. The van der Waals surface area contributed by atoms with Gasteiger partial charge >= 0.3 is 5.69 Å². The number of halogens is 2. The Morgan fingerprint density at radius 2 is 2.00 bits per heavy atom. The summed E-state index contributed by atoms with van der Waals surface area (Å²) < 4.78 is 6.65. The van der Waals surface area contributed by atoms with Crippen LogP contribution in [0.5, 0.6) is 11.6 Å². The molecular formula is C11H7Br2N3O3. The molecule has 0 atom stereocenters. The second kappa shape index (κ2) is 5.62. The summed E-state index contributed by atoms with van der Waals surface area (Å²) in [6.45, 7) is 1.73. The Morgan fingerprint density at radius 1 is 1.26 bits per heavy atom. The molecule has 0 saturated carbocycles. The Labute approximate surface area is 125 Å². The predicted molar refractivity (Wildman–Crippen MR) is 75.3 cm³/mol. The summed E-state index contributed by atoms with van der Waals surface area (Å²) >= 11 is 6.40. The molecule has 6 nitrogen and oxygen atoms in total. The lowest BCUT2D eigenvalue weighted by Gasteiger charge is -2.08. The largest absolute Gasteiger partial charge is 0.431 e. The van der Waals surface area contributed by atoms with Crippen molar-refractivity contribution in [1.29, 1.82) is 0 Å². The first-order valence-corrected chi connectivity index (χ1v) is 6.66. The lowest BCUT2D eigenvalue weighted by Crippen LogP contribution is -1.97. The molecule has 0 aliphatic rings. The van der Waals surface area contributed by atoms with Gasteiger partial charge in [-0.15, -0.1) is 0 Å². The lowest BCUT2D eigenvalue weighted by molar-refractivity contribution is -0.385. The fraction of sp³-hybridized carbons (Fsp3) is 0.0909. The molecule has 2 rings (SSSR count). The van der Waals surface area contributed by atoms with Gasteiger partial charge in [0.15, 0.2) is 0 Å². The van der Waals surface area contributed by atoms with E-state index >= 15 is 0 Å². The van der Waals surface area contributed by atoms with Gasteiger partial charge in [0, 0.05) is 22.2 Å². The van der Waals surface area contributed by atoms with Crippen molar-refractivity contribution in [2.75, 3.05) is 0 Å². The highest BCUT2D eigenvalue weighted by molar-refractivity contribution is 9.10. The highest BCUT2D eigenvalue weighted by atomic mass is 79.9. The monoisotopic (exact) mass is 387 g/mol. The van der Waals surface area contributed by atoms with Crippen LogP contribution in [-0.4, -0.2) is 14.9 Å². The molecule has 1 aromatic carbocycles. The van der Waals surface area contributed by atoms with E-state index in [9.17, 15) is 10.1 Å². The van der Waals surface area contributed by atoms with Gasteiger partial charge in [0.05, 0.1) is 4.92 Å². The second-order valence-electron chi connectivity index (χ2n) is 3.61. The van der Waals surface area contributed by atoms with Crippen LogP contribution in [0.15, 0.2) is 33.6 Å². The smallest absolute Gasteiger partial charge is 0.313 e. The Kier molecular flexibility index (Phi) is 4.11. The van der Waals surface area contributed by atoms with Gasteiger partial charge < -0.3 is 4.74 Å². The first-order chi connectivity index (χ1) is 8.97. The zero-order chi connectivity index (χ0) is 14.0. The van der Waals surface area contributed by atoms with Crippen molar-refractivity contribution < 1.29 is 9.66 Å². The summed E-state index contributed by atoms with van der Waals surface area (Å²) in [4.78, 5) is 18.3. The molecule has 0 unspecified atom stereocenters. The third kappa shape index (κ3) is 3.27. The van der Waals surface area contributed by atoms with Crippen LogP contribution in [0.2, 0.25) is 0 Å². The Bertz CT molecular complexity index is 649. The molecule has 2 aromatic rings. The van der Waals surface area contributed by atoms with Gasteiger partial charge in [0.2, 0.25) is 11.6 Å². The number of aryl methyl sites for hydroxylation is 1. The predicted octanol–water partition coefficient (Wildman–Crippen LogP) is 4.01. The van der Waals surface area contributed by atoms with Crippen molar-refractivity contribution in [3.05, 3.63) is 49.3 Å². The van der Waals surface area contributed by atoms with Crippen LogP contribution in [-0.2, 0) is 0 Å². The molecule has 0 radical (unpaired) electrons. The Hall–Kier alpha value is -1.54. The lowest BCUT2D eigenvalue weighted by atomic mass is 10.2. The van der Waals surface area contributed by atoms with E-state index in [0.717, 1.165) is 0 Å². The maximum Gasteiger partial charge on any atom is 0.313 e. The molecule has 0 spiro atoms. The van der Waals surface area contributed by atoms with Crippen LogP contribution < -0.4 is 4.74 Å². The Morgan fingerprint density at radius 3 is 2.63 bits per heavy atom. The van der Waals surface area contributed by atoms with Crippen molar-refractivity contribution in [3.8, 4) is 11.6 Å². The first-order valence-electron chi connectivity index (χ1n) is 5.07. The first kappa shape index (κ1) is 13.9. The van der Waals surface area contributed by atoms with Gasteiger partial charge in [-0.3, -0.25) is 10.1 Å². The zero-order valence-corrected chi connectivity index (χ0v) is 12.8. The minimum atomic E-state index is -0.497. The van der Waals surface area contributed by atoms with Gasteiger partial charge in [-0.2, -0.15) is 0 Å². The number of hydrogen-bond donors (Lipinski definition) is 0. The van der Waals surface area contributed by atoms with Crippen molar-refractivity contribution in [1.82, 2.24) is 9.97 Å². The van der Waals surface area contributed by atoms with Crippen LogP contribution >= 0.6 is 31.9 Å². The average Bonchev–Trinajstić information content (AvgIpc) is 2.32. The van der Waals surface area contributed by atoms with Crippen molar-refractivity contribution in [3.63, 3.8) is 0 Å². The van der Waals surface area contributed by atoms with E-state index in [0.29, 0.717) is 14.6 Å². The maximum absolute atomic E-state index is 11.0. The summed E-state index contributed by atoms with van der Waals surface area (Å²) in [5.41, 5.74) is 0.511. The van der Waals surface area contributed by atoms with Crippen LogP contribution in [0.4, 0.5) is 5.69 Å². The third-order valence-corrected chi connectivity index (χ3v) is 3.12. The SMILES string of the molecule is Cc1cc(Br)cc([N+](=O)[O-])c1Oc1cc(Br)ncn1. The van der Waals surface area contributed by atoms with E-state index in [-0.39, 0.29) is 17.3 Å². The fourth-order valence-corrected chi connectivity index (χ4v) is 2.31. The molecule has 0 saturated heterocycles. The molecule has 0 amide bonds. The van der Waals surface area contributed by atoms with E-state index in [2.05, 4.69) is 41.8 Å². The summed E-state index contributed by atoms with van der Waals surface area (Å²) in [7, 11) is 0. The molecule has 0 bridgehead atoms. The number of rotatable bonds is 3. The number of benzene rings is 1. The Balaban J connectivity index is 2.47. The quantitative estimate of drug-likeness (QED) is 0.451. The highest BCUT2D eigenvalue weighted by Crippen LogP contribution is 2.36. The summed E-state index contributed by atoms with van der Waals surface area (Å²) in [5.74, 6) is 0.397. The number of hydrogen-bond acceptors (Lipinski definition) is 5. The summed E-state index contributed by atoms with van der Waals surface area (Å²) in [5, 5.41) is 11.0. The van der Waals surface area contributed by atoms with Gasteiger partial charge in [0.25, 0.3) is 0 Å². The van der Waals surface area contributed by atoms with Gasteiger partial charge in [0.1, 0.15) is 10.9 Å². The van der Waals surface area contributed by atoms with Crippen molar-refractivity contribution in [2.24, 2.45) is 0 Å². The second-order valence-corrected chi connectivity index (χ2v) is 5.34.